The van der Waals surface area contributed by atoms with E-state index in [-0.39, 0.29) is 5.82 Å². The highest BCUT2D eigenvalue weighted by Crippen LogP contribution is 2.29. The van der Waals surface area contributed by atoms with Crippen LogP contribution in [-0.2, 0) is 5.88 Å². The maximum absolute atomic E-state index is 13.2. The van der Waals surface area contributed by atoms with Crippen LogP contribution in [-0.4, -0.2) is 6.54 Å². The zero-order chi connectivity index (χ0) is 13.0. The van der Waals surface area contributed by atoms with Crippen LogP contribution in [0.1, 0.15) is 12.5 Å². The standard InChI is InChI=1S/C15H15ClFN/c1-2-18(14-6-4-3-5-7-14)15-9-8-13(17)10-12(15)11-16/h3-10H,2,11H2,1H3. The van der Waals surface area contributed by atoms with Gasteiger partial charge < -0.3 is 4.90 Å². The molecule has 0 N–H and O–H groups in total. The minimum absolute atomic E-state index is 0.251. The Balaban J connectivity index is 2.45. The van der Waals surface area contributed by atoms with Gasteiger partial charge in [0.05, 0.1) is 0 Å². The van der Waals surface area contributed by atoms with Gasteiger partial charge in [0.25, 0.3) is 0 Å². The lowest BCUT2D eigenvalue weighted by atomic mass is 10.1. The number of rotatable bonds is 4. The molecule has 2 rings (SSSR count). The van der Waals surface area contributed by atoms with Crippen molar-refractivity contribution >= 4 is 23.0 Å². The Bertz CT molecular complexity index is 513. The van der Waals surface area contributed by atoms with Gasteiger partial charge in [-0.15, -0.1) is 11.6 Å². The van der Waals surface area contributed by atoms with Gasteiger partial charge in [-0.1, -0.05) is 18.2 Å². The van der Waals surface area contributed by atoms with Crippen molar-refractivity contribution in [1.82, 2.24) is 0 Å². The quantitative estimate of drug-likeness (QED) is 0.722. The summed E-state index contributed by atoms with van der Waals surface area (Å²) in [4.78, 5) is 2.12. The summed E-state index contributed by atoms with van der Waals surface area (Å²) in [5.41, 5.74) is 2.85. The molecular weight excluding hydrogens is 249 g/mol. The molecule has 0 saturated carbocycles. The maximum Gasteiger partial charge on any atom is 0.123 e. The average Bonchev–Trinajstić information content (AvgIpc) is 2.42. The Morgan fingerprint density at radius 1 is 1.11 bits per heavy atom. The van der Waals surface area contributed by atoms with Gasteiger partial charge in [-0.25, -0.2) is 4.39 Å². The van der Waals surface area contributed by atoms with E-state index in [1.54, 1.807) is 6.07 Å². The molecule has 0 amide bonds. The smallest absolute Gasteiger partial charge is 0.123 e. The maximum atomic E-state index is 13.2. The predicted molar refractivity (Wildman–Crippen MR) is 75.1 cm³/mol. The lowest BCUT2D eigenvalue weighted by Crippen LogP contribution is -2.17. The molecule has 0 fully saturated rings. The van der Waals surface area contributed by atoms with Crippen LogP contribution in [0.3, 0.4) is 0 Å². The first-order valence-corrected chi connectivity index (χ1v) is 6.46. The molecule has 0 heterocycles. The summed E-state index contributed by atoms with van der Waals surface area (Å²) in [7, 11) is 0. The van der Waals surface area contributed by atoms with Gasteiger partial charge in [-0.3, -0.25) is 0 Å². The van der Waals surface area contributed by atoms with Crippen molar-refractivity contribution in [3.05, 3.63) is 59.9 Å². The topological polar surface area (TPSA) is 3.24 Å². The van der Waals surface area contributed by atoms with E-state index in [4.69, 9.17) is 11.6 Å². The molecule has 0 spiro atoms. The lowest BCUT2D eigenvalue weighted by molar-refractivity contribution is 0.626. The fraction of sp³-hybridized carbons (Fsp3) is 0.200. The summed E-state index contributed by atoms with van der Waals surface area (Å²) in [6.07, 6.45) is 0. The lowest BCUT2D eigenvalue weighted by Gasteiger charge is -2.25. The third-order valence-electron chi connectivity index (χ3n) is 2.86. The first-order valence-electron chi connectivity index (χ1n) is 5.93. The normalized spacial score (nSPS) is 10.4. The number of hydrogen-bond donors (Lipinski definition) is 0. The van der Waals surface area contributed by atoms with E-state index in [2.05, 4.69) is 11.8 Å². The minimum atomic E-state index is -0.251. The van der Waals surface area contributed by atoms with Gasteiger partial charge in [-0.2, -0.15) is 0 Å². The molecule has 0 aromatic heterocycles. The monoisotopic (exact) mass is 263 g/mol. The zero-order valence-corrected chi connectivity index (χ0v) is 11.0. The van der Waals surface area contributed by atoms with Crippen molar-refractivity contribution in [2.24, 2.45) is 0 Å². The van der Waals surface area contributed by atoms with E-state index < -0.39 is 0 Å². The number of para-hydroxylation sites is 1. The number of halogens is 2. The Morgan fingerprint density at radius 3 is 2.44 bits per heavy atom. The largest absolute Gasteiger partial charge is 0.342 e. The SMILES string of the molecule is CCN(c1ccccc1)c1ccc(F)cc1CCl. The molecule has 0 aliphatic carbocycles. The van der Waals surface area contributed by atoms with Crippen LogP contribution in [0.4, 0.5) is 15.8 Å². The Morgan fingerprint density at radius 2 is 1.83 bits per heavy atom. The van der Waals surface area contributed by atoms with Gasteiger partial charge in [0.1, 0.15) is 5.82 Å². The van der Waals surface area contributed by atoms with Crippen molar-refractivity contribution in [2.45, 2.75) is 12.8 Å². The van der Waals surface area contributed by atoms with Gasteiger partial charge in [-0.05, 0) is 42.8 Å². The highest BCUT2D eigenvalue weighted by Gasteiger charge is 2.11. The third-order valence-corrected chi connectivity index (χ3v) is 3.15. The van der Waals surface area contributed by atoms with E-state index in [9.17, 15) is 4.39 Å². The van der Waals surface area contributed by atoms with Crippen molar-refractivity contribution in [1.29, 1.82) is 0 Å². The Hall–Kier alpha value is -1.54. The number of nitrogens with zero attached hydrogens (tertiary/aromatic N) is 1. The third kappa shape index (κ3) is 2.65. The number of alkyl halides is 1. The molecule has 94 valence electrons. The highest BCUT2D eigenvalue weighted by atomic mass is 35.5. The number of anilines is 2. The van der Waals surface area contributed by atoms with Crippen LogP contribution in [0, 0.1) is 5.82 Å². The molecular formula is C15H15ClFN. The molecule has 0 bridgehead atoms. The van der Waals surface area contributed by atoms with Crippen LogP contribution in [0.5, 0.6) is 0 Å². The molecule has 0 atom stereocenters. The molecule has 1 nitrogen and oxygen atoms in total. The van der Waals surface area contributed by atoms with Crippen molar-refractivity contribution in [2.75, 3.05) is 11.4 Å². The second-order valence-electron chi connectivity index (χ2n) is 3.99. The summed E-state index contributed by atoms with van der Waals surface area (Å²) in [6, 6.07) is 14.8. The second-order valence-corrected chi connectivity index (χ2v) is 4.25. The van der Waals surface area contributed by atoms with Crippen LogP contribution >= 0.6 is 11.6 Å². The van der Waals surface area contributed by atoms with Gasteiger partial charge >= 0.3 is 0 Å². The first-order chi connectivity index (χ1) is 8.76. The zero-order valence-electron chi connectivity index (χ0n) is 10.2. The molecule has 0 aliphatic heterocycles. The fourth-order valence-electron chi connectivity index (χ4n) is 2.02. The van der Waals surface area contributed by atoms with Gasteiger partial charge in [0.15, 0.2) is 0 Å². The van der Waals surface area contributed by atoms with Crippen molar-refractivity contribution in [3.8, 4) is 0 Å². The molecule has 0 aliphatic rings. The van der Waals surface area contributed by atoms with Crippen LogP contribution < -0.4 is 4.90 Å². The summed E-state index contributed by atoms with van der Waals surface area (Å²) in [5, 5.41) is 0. The number of hydrogen-bond acceptors (Lipinski definition) is 1. The fourth-order valence-corrected chi connectivity index (χ4v) is 2.24. The summed E-state index contributed by atoms with van der Waals surface area (Å²) >= 11 is 5.90. The van der Waals surface area contributed by atoms with Crippen molar-refractivity contribution < 1.29 is 4.39 Å². The second kappa shape index (κ2) is 5.87. The minimum Gasteiger partial charge on any atom is -0.342 e. The van der Waals surface area contributed by atoms with Gasteiger partial charge in [0, 0.05) is 23.8 Å². The molecule has 0 unspecified atom stereocenters. The predicted octanol–water partition coefficient (Wildman–Crippen LogP) is 4.72. The van der Waals surface area contributed by atoms with E-state index in [1.165, 1.54) is 12.1 Å². The highest BCUT2D eigenvalue weighted by molar-refractivity contribution is 6.17. The molecule has 18 heavy (non-hydrogen) atoms. The first kappa shape index (κ1) is 12.9. The Labute approximate surface area is 112 Å². The average molecular weight is 264 g/mol. The van der Waals surface area contributed by atoms with Crippen LogP contribution in [0.25, 0.3) is 0 Å². The summed E-state index contributed by atoms with van der Waals surface area (Å²) < 4.78 is 13.2. The number of benzene rings is 2. The van der Waals surface area contributed by atoms with Gasteiger partial charge in [0.2, 0.25) is 0 Å². The van der Waals surface area contributed by atoms with Crippen LogP contribution in [0.2, 0.25) is 0 Å². The molecule has 3 heteroatoms. The molecule has 0 saturated heterocycles. The van der Waals surface area contributed by atoms with E-state index >= 15 is 0 Å². The van der Waals surface area contributed by atoms with E-state index in [0.717, 1.165) is 23.5 Å². The summed E-state index contributed by atoms with van der Waals surface area (Å²) in [5.74, 6) is 0.0506. The summed E-state index contributed by atoms with van der Waals surface area (Å²) in [6.45, 7) is 2.87. The Kier molecular flexibility index (Phi) is 4.21. The van der Waals surface area contributed by atoms with E-state index in [1.807, 2.05) is 30.3 Å². The molecule has 2 aromatic rings. The molecule has 2 aromatic carbocycles. The van der Waals surface area contributed by atoms with Crippen molar-refractivity contribution in [3.63, 3.8) is 0 Å². The van der Waals surface area contributed by atoms with Crippen LogP contribution in [0.15, 0.2) is 48.5 Å². The molecule has 0 radical (unpaired) electrons. The van der Waals surface area contributed by atoms with E-state index in [0.29, 0.717) is 5.88 Å².